The van der Waals surface area contributed by atoms with Crippen molar-refractivity contribution in [2.75, 3.05) is 9.71 Å². The van der Waals surface area contributed by atoms with Gasteiger partial charge in [0.15, 0.2) is 0 Å². The Morgan fingerprint density at radius 3 is 1.48 bits per heavy atom. The van der Waals surface area contributed by atoms with Crippen LogP contribution in [0.25, 0.3) is 44.5 Å². The van der Waals surface area contributed by atoms with Crippen molar-refractivity contribution in [3.63, 3.8) is 0 Å². The Labute approximate surface area is 473 Å². The van der Waals surface area contributed by atoms with Crippen LogP contribution in [0.3, 0.4) is 0 Å². The summed E-state index contributed by atoms with van der Waals surface area (Å²) in [6, 6.07) is 58.3. The number of hydrogen-bond acceptors (Lipinski definition) is 2. The molecule has 8 aromatic carbocycles. The van der Waals surface area contributed by atoms with Crippen LogP contribution in [0.15, 0.2) is 146 Å². The van der Waals surface area contributed by atoms with E-state index in [2.05, 4.69) is 259 Å². The number of benzene rings is 8. The molecule has 0 unspecified atom stereocenters. The van der Waals surface area contributed by atoms with Gasteiger partial charge in [-0.05, 0) is 226 Å². The van der Waals surface area contributed by atoms with Crippen molar-refractivity contribution in [2.24, 2.45) is 0 Å². The van der Waals surface area contributed by atoms with Gasteiger partial charge in [-0.15, -0.1) is 0 Å². The Bertz CT molecular complexity index is 3900. The summed E-state index contributed by atoms with van der Waals surface area (Å²) in [6.45, 7) is 37.1. The van der Waals surface area contributed by atoms with E-state index in [0.717, 1.165) is 12.8 Å². The summed E-state index contributed by atoms with van der Waals surface area (Å²) in [5.74, 6) is 0. The molecular formula is C76H81BN2. The first-order valence-electron chi connectivity index (χ1n) is 30.0. The van der Waals surface area contributed by atoms with E-state index in [4.69, 9.17) is 0 Å². The monoisotopic (exact) mass is 1030 g/mol. The fourth-order valence-corrected chi connectivity index (χ4v) is 16.2. The first kappa shape index (κ1) is 50.6. The Kier molecular flexibility index (Phi) is 10.6. The van der Waals surface area contributed by atoms with Crippen LogP contribution in [-0.4, -0.2) is 6.85 Å². The zero-order chi connectivity index (χ0) is 55.3. The molecule has 8 aromatic rings. The molecule has 0 atom stereocenters. The second-order valence-corrected chi connectivity index (χ2v) is 29.7. The Morgan fingerprint density at radius 2 is 0.873 bits per heavy atom. The fourth-order valence-electron chi connectivity index (χ4n) is 16.2. The maximum atomic E-state index is 2.82. The van der Waals surface area contributed by atoms with Crippen molar-refractivity contribution < 1.29 is 0 Å². The molecule has 6 aliphatic rings. The third-order valence-corrected chi connectivity index (χ3v) is 21.5. The minimum atomic E-state index is -0.289. The molecule has 14 rings (SSSR count). The number of rotatable bonds is 4. The number of nitrogens with zero attached hydrogens (tertiary/aromatic N) is 2. The van der Waals surface area contributed by atoms with Gasteiger partial charge in [0, 0.05) is 39.4 Å². The van der Waals surface area contributed by atoms with Crippen molar-refractivity contribution >= 4 is 46.2 Å². The quantitative estimate of drug-likeness (QED) is 0.162. The molecule has 79 heavy (non-hydrogen) atoms. The van der Waals surface area contributed by atoms with Gasteiger partial charge in [-0.1, -0.05) is 194 Å². The maximum Gasteiger partial charge on any atom is 0.333 e. The highest BCUT2D eigenvalue weighted by molar-refractivity contribution is 6.93. The SMILES string of the molecule is Cc1cc2c(cc1N1c3cc(-c4ccccc4)ccc3B3c4c(cc(-c5ccccc5)cc41)-c1c(ccc4c1C(C)(C)c1cc5c(cc1-4)C(C)(C)CCC5(C)C)N3c1ccc3c(c1)C(C)(C)CCC3(C)C)C(C)(C)CCC2(C)C. The van der Waals surface area contributed by atoms with E-state index in [0.29, 0.717) is 0 Å². The van der Waals surface area contributed by atoms with Gasteiger partial charge >= 0.3 is 6.85 Å². The molecule has 4 aliphatic carbocycles. The average molecular weight is 1030 g/mol. The number of fused-ring (bicyclic) bond motifs is 11. The van der Waals surface area contributed by atoms with Crippen LogP contribution in [0.4, 0.5) is 28.4 Å². The van der Waals surface area contributed by atoms with Crippen molar-refractivity contribution in [1.29, 1.82) is 0 Å². The Balaban J connectivity index is 1.13. The molecule has 0 aromatic heterocycles. The lowest BCUT2D eigenvalue weighted by Crippen LogP contribution is -2.62. The summed E-state index contributed by atoms with van der Waals surface area (Å²) in [4.78, 5) is 5.56. The van der Waals surface area contributed by atoms with Gasteiger partial charge in [-0.25, -0.2) is 0 Å². The minimum Gasteiger partial charge on any atom is -0.376 e. The van der Waals surface area contributed by atoms with Crippen LogP contribution >= 0.6 is 0 Å². The summed E-state index contributed by atoms with van der Waals surface area (Å²) in [5, 5.41) is 0. The van der Waals surface area contributed by atoms with Crippen LogP contribution in [0.5, 0.6) is 0 Å². The zero-order valence-corrected chi connectivity index (χ0v) is 50.1. The standard InChI is InChI=1S/C76H81BN2/c1-46-38-57-61(75(12,13)37-34-71(57,4)5)45-64(46)78-65-40-49(47-22-18-16-19-23-47)26-30-62(65)77-69-54(39-50(41-66(69)78)48-24-20-17-21-25-48)67-63(79(77)51-27-29-55-58(42-51)72(6,7)33-32-70(55,2)3)31-28-52-53-43-59-60(44-56(53)76(14,15)68(52)67)74(10,11)36-35-73(59,8)9/h16-31,38-45H,32-37H2,1-15H3. The second-order valence-electron chi connectivity index (χ2n) is 29.7. The molecule has 0 radical (unpaired) electrons. The summed E-state index contributed by atoms with van der Waals surface area (Å²) >= 11 is 0. The normalized spacial score (nSPS) is 20.2. The summed E-state index contributed by atoms with van der Waals surface area (Å²) in [6.07, 6.45) is 7.08. The first-order chi connectivity index (χ1) is 37.3. The van der Waals surface area contributed by atoms with E-state index >= 15 is 0 Å². The van der Waals surface area contributed by atoms with Crippen molar-refractivity contribution in [3.05, 3.63) is 196 Å². The van der Waals surface area contributed by atoms with E-state index in [9.17, 15) is 0 Å². The lowest BCUT2D eigenvalue weighted by Gasteiger charge is -2.48. The number of aryl methyl sites for hydroxylation is 1. The molecule has 0 amide bonds. The third kappa shape index (κ3) is 7.28. The van der Waals surface area contributed by atoms with Gasteiger partial charge in [0.05, 0.1) is 0 Å². The summed E-state index contributed by atoms with van der Waals surface area (Å²) in [7, 11) is 0. The predicted molar refractivity (Wildman–Crippen MR) is 339 cm³/mol. The van der Waals surface area contributed by atoms with Crippen LogP contribution in [-0.2, 0) is 37.9 Å². The van der Waals surface area contributed by atoms with E-state index in [-0.39, 0.29) is 44.8 Å². The molecule has 2 heterocycles. The Hall–Kier alpha value is -6.58. The summed E-state index contributed by atoms with van der Waals surface area (Å²) < 4.78 is 0. The van der Waals surface area contributed by atoms with E-state index in [1.807, 2.05) is 0 Å². The van der Waals surface area contributed by atoms with Crippen LogP contribution in [0.2, 0.25) is 0 Å². The lowest BCUT2D eigenvalue weighted by atomic mass is 9.43. The van der Waals surface area contributed by atoms with Gasteiger partial charge in [-0.2, -0.15) is 0 Å². The highest BCUT2D eigenvalue weighted by Gasteiger charge is 2.51. The Morgan fingerprint density at radius 1 is 0.354 bits per heavy atom. The first-order valence-corrected chi connectivity index (χ1v) is 30.0. The topological polar surface area (TPSA) is 6.48 Å². The third-order valence-electron chi connectivity index (χ3n) is 21.5. The predicted octanol–water partition coefficient (Wildman–Crippen LogP) is 19.4. The largest absolute Gasteiger partial charge is 0.376 e. The molecule has 0 saturated heterocycles. The molecule has 0 N–H and O–H groups in total. The molecule has 3 heteroatoms. The van der Waals surface area contributed by atoms with E-state index in [1.54, 1.807) is 0 Å². The van der Waals surface area contributed by atoms with Gasteiger partial charge in [0.1, 0.15) is 0 Å². The lowest BCUT2D eigenvalue weighted by molar-refractivity contribution is 0.331. The molecule has 2 aliphatic heterocycles. The van der Waals surface area contributed by atoms with Gasteiger partial charge < -0.3 is 9.71 Å². The van der Waals surface area contributed by atoms with Crippen LogP contribution < -0.4 is 20.6 Å². The van der Waals surface area contributed by atoms with Gasteiger partial charge in [0.25, 0.3) is 0 Å². The van der Waals surface area contributed by atoms with Gasteiger partial charge in [-0.3, -0.25) is 0 Å². The molecule has 0 bridgehead atoms. The highest BCUT2D eigenvalue weighted by Crippen LogP contribution is 2.61. The zero-order valence-electron chi connectivity index (χ0n) is 50.1. The fraction of sp³-hybridized carbons (Fsp3) is 0.368. The molecular weight excluding hydrogens is 952 g/mol. The molecule has 398 valence electrons. The van der Waals surface area contributed by atoms with Gasteiger partial charge in [0.2, 0.25) is 0 Å². The smallest absolute Gasteiger partial charge is 0.333 e. The molecule has 0 spiro atoms. The molecule has 0 saturated carbocycles. The second kappa shape index (κ2) is 16.5. The van der Waals surface area contributed by atoms with Crippen molar-refractivity contribution in [3.8, 4) is 44.5 Å². The minimum absolute atomic E-state index is 0.0287. The van der Waals surface area contributed by atoms with E-state index in [1.165, 1.54) is 160 Å². The van der Waals surface area contributed by atoms with Crippen molar-refractivity contribution in [1.82, 2.24) is 0 Å². The van der Waals surface area contributed by atoms with Crippen molar-refractivity contribution in [2.45, 2.75) is 180 Å². The van der Waals surface area contributed by atoms with Crippen LogP contribution in [0, 0.1) is 6.92 Å². The number of hydrogen-bond donors (Lipinski definition) is 0. The average Bonchev–Trinajstić information content (AvgIpc) is 3.79. The molecule has 0 fully saturated rings. The summed E-state index contributed by atoms with van der Waals surface area (Å²) in [5.41, 5.74) is 33.0. The van der Waals surface area contributed by atoms with Crippen LogP contribution in [0.1, 0.15) is 186 Å². The molecule has 2 nitrogen and oxygen atoms in total. The number of anilines is 5. The highest BCUT2D eigenvalue weighted by atomic mass is 15.2. The van der Waals surface area contributed by atoms with E-state index < -0.39 is 0 Å². The maximum absolute atomic E-state index is 2.82.